The summed E-state index contributed by atoms with van der Waals surface area (Å²) in [4.78, 5) is 48.8. The van der Waals surface area contributed by atoms with Crippen LogP contribution in [0.25, 0.3) is 5.69 Å². The standard InChI is InChI=1S/C23H21NO8/c1-13-8-18(19(25)12-32-23(28)20-6-5-7-31-20)14(2)24(13)17-10-15(21(26)29-3)9-16(11-17)22(27)30-4/h5-11H,12H2,1-4H3. The van der Waals surface area contributed by atoms with E-state index >= 15 is 0 Å². The van der Waals surface area contributed by atoms with Crippen molar-refractivity contribution < 1.29 is 37.8 Å². The molecule has 9 heteroatoms. The summed E-state index contributed by atoms with van der Waals surface area (Å²) in [5, 5.41) is 0. The molecule has 1 aromatic carbocycles. The zero-order chi connectivity index (χ0) is 23.4. The highest BCUT2D eigenvalue weighted by molar-refractivity contribution is 6.00. The Morgan fingerprint density at radius 1 is 0.906 bits per heavy atom. The second-order valence-corrected chi connectivity index (χ2v) is 6.85. The zero-order valence-electron chi connectivity index (χ0n) is 18.0. The van der Waals surface area contributed by atoms with Gasteiger partial charge in [0.25, 0.3) is 0 Å². The first-order valence-electron chi connectivity index (χ1n) is 9.51. The predicted octanol–water partition coefficient (Wildman–Crippen LogP) is 3.30. The maximum atomic E-state index is 12.7. The minimum atomic E-state index is -0.745. The Morgan fingerprint density at radius 3 is 2.06 bits per heavy atom. The van der Waals surface area contributed by atoms with Crippen LogP contribution in [0.15, 0.2) is 47.1 Å². The van der Waals surface area contributed by atoms with E-state index in [0.717, 1.165) is 0 Å². The minimum absolute atomic E-state index is 0.00163. The minimum Gasteiger partial charge on any atom is -0.465 e. The summed E-state index contributed by atoms with van der Waals surface area (Å²) in [6, 6.07) is 9.08. The molecular formula is C23H21NO8. The molecule has 9 nitrogen and oxygen atoms in total. The molecule has 0 saturated heterocycles. The van der Waals surface area contributed by atoms with Crippen LogP contribution in [-0.2, 0) is 14.2 Å². The number of Topliss-reactive ketones (excluding diaryl/α,β-unsaturated/α-hetero) is 1. The summed E-state index contributed by atoms with van der Waals surface area (Å²) < 4.78 is 21.2. The number of carbonyl (C=O) groups excluding carboxylic acids is 4. The molecule has 0 saturated carbocycles. The number of hydrogen-bond acceptors (Lipinski definition) is 8. The van der Waals surface area contributed by atoms with E-state index in [1.807, 2.05) is 0 Å². The second kappa shape index (κ2) is 9.34. The lowest BCUT2D eigenvalue weighted by Crippen LogP contribution is -2.15. The smallest absolute Gasteiger partial charge is 0.374 e. The summed E-state index contributed by atoms with van der Waals surface area (Å²) >= 11 is 0. The topological polar surface area (TPSA) is 114 Å². The predicted molar refractivity (Wildman–Crippen MR) is 111 cm³/mol. The third-order valence-electron chi connectivity index (χ3n) is 4.81. The van der Waals surface area contributed by atoms with Gasteiger partial charge in [0.1, 0.15) is 0 Å². The molecule has 0 atom stereocenters. The van der Waals surface area contributed by atoms with Gasteiger partial charge in [-0.05, 0) is 50.2 Å². The summed E-state index contributed by atoms with van der Waals surface area (Å²) in [6.45, 7) is 3.00. The average Bonchev–Trinajstić information content (AvgIpc) is 3.43. The molecule has 0 radical (unpaired) electrons. The van der Waals surface area contributed by atoms with Gasteiger partial charge in [0, 0.05) is 22.6 Å². The van der Waals surface area contributed by atoms with Crippen LogP contribution in [0.2, 0.25) is 0 Å². The molecule has 3 rings (SSSR count). The van der Waals surface area contributed by atoms with E-state index in [1.54, 1.807) is 36.6 Å². The fourth-order valence-electron chi connectivity index (χ4n) is 3.33. The largest absolute Gasteiger partial charge is 0.465 e. The summed E-state index contributed by atoms with van der Waals surface area (Å²) in [5.41, 5.74) is 2.31. The van der Waals surface area contributed by atoms with Gasteiger partial charge in [-0.3, -0.25) is 4.79 Å². The fraction of sp³-hybridized carbons (Fsp3) is 0.217. The van der Waals surface area contributed by atoms with Gasteiger partial charge < -0.3 is 23.2 Å². The van der Waals surface area contributed by atoms with Crippen LogP contribution in [0, 0.1) is 13.8 Å². The molecule has 0 spiro atoms. The number of aryl methyl sites for hydroxylation is 1. The first kappa shape index (κ1) is 22.5. The fourth-order valence-corrected chi connectivity index (χ4v) is 3.33. The van der Waals surface area contributed by atoms with Gasteiger partial charge in [0.05, 0.1) is 31.6 Å². The van der Waals surface area contributed by atoms with Crippen molar-refractivity contribution in [3.05, 3.63) is 76.5 Å². The molecule has 0 fully saturated rings. The molecule has 0 bridgehead atoms. The van der Waals surface area contributed by atoms with Crippen molar-refractivity contribution >= 4 is 23.7 Å². The summed E-state index contributed by atoms with van der Waals surface area (Å²) in [5.74, 6) is -2.41. The second-order valence-electron chi connectivity index (χ2n) is 6.85. The molecule has 32 heavy (non-hydrogen) atoms. The number of aromatic nitrogens is 1. The molecule has 0 aliphatic carbocycles. The Kier molecular flexibility index (Phi) is 6.58. The molecular weight excluding hydrogens is 418 g/mol. The van der Waals surface area contributed by atoms with Gasteiger partial charge >= 0.3 is 17.9 Å². The summed E-state index contributed by atoms with van der Waals surface area (Å²) in [6.07, 6.45) is 1.33. The van der Waals surface area contributed by atoms with Crippen LogP contribution < -0.4 is 0 Å². The van der Waals surface area contributed by atoms with E-state index in [2.05, 4.69) is 0 Å². The van der Waals surface area contributed by atoms with Crippen LogP contribution in [0.1, 0.15) is 53.0 Å². The number of rotatable bonds is 7. The first-order valence-corrected chi connectivity index (χ1v) is 9.51. The van der Waals surface area contributed by atoms with Crippen molar-refractivity contribution in [1.29, 1.82) is 0 Å². The number of furan rings is 1. The van der Waals surface area contributed by atoms with E-state index in [4.69, 9.17) is 18.6 Å². The Bertz CT molecular complexity index is 1150. The number of methoxy groups -OCH3 is 2. The van der Waals surface area contributed by atoms with E-state index in [9.17, 15) is 19.2 Å². The molecule has 166 valence electrons. The molecule has 3 aromatic rings. The Hall–Kier alpha value is -4.14. The van der Waals surface area contributed by atoms with Gasteiger partial charge in [0.15, 0.2) is 6.61 Å². The van der Waals surface area contributed by atoms with Crippen molar-refractivity contribution in [2.45, 2.75) is 13.8 Å². The maximum Gasteiger partial charge on any atom is 0.374 e. The van der Waals surface area contributed by atoms with Gasteiger partial charge in [-0.2, -0.15) is 0 Å². The van der Waals surface area contributed by atoms with Crippen LogP contribution in [-0.4, -0.2) is 49.1 Å². The monoisotopic (exact) mass is 439 g/mol. The lowest BCUT2D eigenvalue weighted by molar-refractivity contribution is 0.0443. The van der Waals surface area contributed by atoms with Crippen LogP contribution in [0.5, 0.6) is 0 Å². The molecule has 0 unspecified atom stereocenters. The Morgan fingerprint density at radius 2 is 1.53 bits per heavy atom. The van der Waals surface area contributed by atoms with Crippen molar-refractivity contribution in [3.8, 4) is 5.69 Å². The quantitative estimate of drug-likeness (QED) is 0.313. The van der Waals surface area contributed by atoms with E-state index in [-0.39, 0.29) is 16.9 Å². The first-order chi connectivity index (χ1) is 15.3. The van der Waals surface area contributed by atoms with Gasteiger partial charge in [-0.15, -0.1) is 0 Å². The molecule has 0 aliphatic rings. The van der Waals surface area contributed by atoms with E-state index in [0.29, 0.717) is 22.6 Å². The van der Waals surface area contributed by atoms with E-state index < -0.39 is 30.3 Å². The maximum absolute atomic E-state index is 12.7. The third kappa shape index (κ3) is 4.46. The zero-order valence-corrected chi connectivity index (χ0v) is 18.0. The lowest BCUT2D eigenvalue weighted by Gasteiger charge is -2.13. The highest BCUT2D eigenvalue weighted by Gasteiger charge is 2.21. The highest BCUT2D eigenvalue weighted by atomic mass is 16.5. The van der Waals surface area contributed by atoms with Crippen LogP contribution >= 0.6 is 0 Å². The van der Waals surface area contributed by atoms with E-state index in [1.165, 1.54) is 38.7 Å². The molecule has 0 aliphatic heterocycles. The Balaban J connectivity index is 1.94. The molecule has 0 amide bonds. The van der Waals surface area contributed by atoms with Crippen molar-refractivity contribution in [1.82, 2.24) is 4.57 Å². The van der Waals surface area contributed by atoms with Crippen molar-refractivity contribution in [2.75, 3.05) is 20.8 Å². The normalized spacial score (nSPS) is 10.5. The third-order valence-corrected chi connectivity index (χ3v) is 4.81. The summed E-state index contributed by atoms with van der Waals surface area (Å²) in [7, 11) is 2.47. The molecule has 2 aromatic heterocycles. The van der Waals surface area contributed by atoms with Crippen LogP contribution in [0.3, 0.4) is 0 Å². The van der Waals surface area contributed by atoms with Gasteiger partial charge in [0.2, 0.25) is 11.5 Å². The Labute approximate surface area is 183 Å². The number of esters is 3. The number of nitrogens with zero attached hydrogens (tertiary/aromatic N) is 1. The SMILES string of the molecule is COC(=O)c1cc(C(=O)OC)cc(-n2c(C)cc(C(=O)COC(=O)c3ccco3)c2C)c1. The van der Waals surface area contributed by atoms with Crippen LogP contribution in [0.4, 0.5) is 0 Å². The molecule has 2 heterocycles. The average molecular weight is 439 g/mol. The number of ether oxygens (including phenoxy) is 3. The van der Waals surface area contributed by atoms with Gasteiger partial charge in [-0.1, -0.05) is 0 Å². The number of carbonyl (C=O) groups is 4. The number of benzene rings is 1. The number of ketones is 1. The number of hydrogen-bond donors (Lipinski definition) is 0. The highest BCUT2D eigenvalue weighted by Crippen LogP contribution is 2.24. The van der Waals surface area contributed by atoms with Crippen molar-refractivity contribution in [3.63, 3.8) is 0 Å². The lowest BCUT2D eigenvalue weighted by atomic mass is 10.1. The molecule has 0 N–H and O–H groups in total. The van der Waals surface area contributed by atoms with Gasteiger partial charge in [-0.25, -0.2) is 14.4 Å². The van der Waals surface area contributed by atoms with Crippen molar-refractivity contribution in [2.24, 2.45) is 0 Å².